The topological polar surface area (TPSA) is 101 Å². The molecule has 0 aromatic heterocycles. The van der Waals surface area contributed by atoms with Gasteiger partial charge >= 0.3 is 5.69 Å². The summed E-state index contributed by atoms with van der Waals surface area (Å²) >= 11 is 5.75. The number of hydrogen-bond acceptors (Lipinski definition) is 4. The molecule has 0 aliphatic carbocycles. The molecule has 0 heterocycles. The van der Waals surface area contributed by atoms with Gasteiger partial charge in [0.05, 0.1) is 4.92 Å². The van der Waals surface area contributed by atoms with Crippen molar-refractivity contribution in [3.8, 4) is 0 Å². The Morgan fingerprint density at radius 3 is 2.50 bits per heavy atom. The first-order chi connectivity index (χ1) is 12.4. The van der Waals surface area contributed by atoms with Crippen molar-refractivity contribution < 1.29 is 18.9 Å². The highest BCUT2D eigenvalue weighted by Crippen LogP contribution is 2.21. The molecule has 0 saturated carbocycles. The van der Waals surface area contributed by atoms with E-state index in [0.717, 1.165) is 12.1 Å². The number of halogens is 2. The Morgan fingerprint density at radius 1 is 1.15 bits per heavy atom. The first-order valence-electron chi connectivity index (χ1n) is 7.64. The van der Waals surface area contributed by atoms with Crippen LogP contribution in [0, 0.1) is 15.9 Å². The molecule has 0 aliphatic rings. The van der Waals surface area contributed by atoms with Crippen LogP contribution in [0.3, 0.4) is 0 Å². The van der Waals surface area contributed by atoms with E-state index in [1.807, 2.05) is 0 Å². The maximum absolute atomic E-state index is 13.2. The average molecular weight is 380 g/mol. The van der Waals surface area contributed by atoms with Gasteiger partial charge in [0.1, 0.15) is 0 Å². The van der Waals surface area contributed by atoms with Gasteiger partial charge in [0, 0.05) is 35.3 Å². The number of rotatable bonds is 7. The molecule has 2 aromatic rings. The van der Waals surface area contributed by atoms with Crippen molar-refractivity contribution in [1.82, 2.24) is 5.32 Å². The molecule has 2 amide bonds. The van der Waals surface area contributed by atoms with E-state index < -0.39 is 22.3 Å². The summed E-state index contributed by atoms with van der Waals surface area (Å²) in [6.07, 6.45) is 0.459. The molecule has 0 fully saturated rings. The van der Waals surface area contributed by atoms with Crippen LogP contribution in [0.5, 0.6) is 0 Å². The second kappa shape index (κ2) is 8.91. The number of carbonyl (C=O) groups excluding carboxylic acids is 2. The molecule has 26 heavy (non-hydrogen) atoms. The Kier molecular flexibility index (Phi) is 6.62. The summed E-state index contributed by atoms with van der Waals surface area (Å²) in [7, 11) is 0. The van der Waals surface area contributed by atoms with Crippen LogP contribution >= 0.6 is 11.6 Å². The number of carbonyl (C=O) groups is 2. The van der Waals surface area contributed by atoms with E-state index in [9.17, 15) is 24.1 Å². The number of benzene rings is 2. The van der Waals surface area contributed by atoms with Crippen molar-refractivity contribution >= 4 is 34.8 Å². The average Bonchev–Trinajstić information content (AvgIpc) is 2.60. The molecule has 0 saturated heterocycles. The second-order valence-electron chi connectivity index (χ2n) is 5.34. The zero-order chi connectivity index (χ0) is 19.1. The number of amides is 2. The molecular formula is C17H15ClFN3O4. The Morgan fingerprint density at radius 2 is 1.85 bits per heavy atom. The van der Waals surface area contributed by atoms with Crippen molar-refractivity contribution in [1.29, 1.82) is 0 Å². The van der Waals surface area contributed by atoms with E-state index in [0.29, 0.717) is 17.0 Å². The smallest absolute Gasteiger partial charge is 0.306 e. The second-order valence-corrected chi connectivity index (χ2v) is 5.77. The summed E-state index contributed by atoms with van der Waals surface area (Å²) in [5, 5.41) is 16.3. The summed E-state index contributed by atoms with van der Waals surface area (Å²) in [6, 6.07) is 9.49. The predicted molar refractivity (Wildman–Crippen MR) is 94.7 cm³/mol. The molecule has 9 heteroatoms. The van der Waals surface area contributed by atoms with E-state index in [4.69, 9.17) is 11.6 Å². The molecule has 0 atom stereocenters. The standard InChI is InChI=1S/C17H15ClFN3O4/c18-12-5-3-11(4-6-12)17(24)20-9-1-2-16(23)21-13-7-8-14(19)15(10-13)22(25)26/h3-8,10H,1-2,9H2,(H,20,24)(H,21,23). The molecule has 2 rings (SSSR count). The lowest BCUT2D eigenvalue weighted by atomic mass is 10.2. The van der Waals surface area contributed by atoms with Crippen LogP contribution < -0.4 is 10.6 Å². The van der Waals surface area contributed by atoms with Gasteiger partial charge in [-0.1, -0.05) is 11.6 Å². The van der Waals surface area contributed by atoms with Crippen LogP contribution in [0.2, 0.25) is 5.02 Å². The summed E-state index contributed by atoms with van der Waals surface area (Å²) < 4.78 is 13.2. The predicted octanol–water partition coefficient (Wildman–Crippen LogP) is 3.54. The monoisotopic (exact) mass is 379 g/mol. The molecule has 136 valence electrons. The van der Waals surface area contributed by atoms with Crippen molar-refractivity contribution in [2.24, 2.45) is 0 Å². The fourth-order valence-corrected chi connectivity index (χ4v) is 2.23. The minimum absolute atomic E-state index is 0.0894. The lowest BCUT2D eigenvalue weighted by Crippen LogP contribution is -2.25. The number of nitrogens with zero attached hydrogens (tertiary/aromatic N) is 1. The molecule has 0 spiro atoms. The minimum atomic E-state index is -0.974. The van der Waals surface area contributed by atoms with E-state index in [2.05, 4.69) is 10.6 Å². The van der Waals surface area contributed by atoms with Gasteiger partial charge in [0.15, 0.2) is 0 Å². The highest BCUT2D eigenvalue weighted by Gasteiger charge is 2.15. The summed E-state index contributed by atoms with van der Waals surface area (Å²) in [5.41, 5.74) is -0.121. The molecular weight excluding hydrogens is 365 g/mol. The van der Waals surface area contributed by atoms with Gasteiger partial charge in [-0.3, -0.25) is 19.7 Å². The van der Waals surface area contributed by atoms with Crippen molar-refractivity contribution in [2.75, 3.05) is 11.9 Å². The Labute approximate surface area is 153 Å². The van der Waals surface area contributed by atoms with Crippen LogP contribution in [0.1, 0.15) is 23.2 Å². The van der Waals surface area contributed by atoms with Gasteiger partial charge in [-0.2, -0.15) is 4.39 Å². The molecule has 0 aliphatic heterocycles. The third-order valence-corrected chi connectivity index (χ3v) is 3.65. The molecule has 2 N–H and O–H groups in total. The van der Waals surface area contributed by atoms with Gasteiger partial charge in [-0.15, -0.1) is 0 Å². The third kappa shape index (κ3) is 5.52. The van der Waals surface area contributed by atoms with E-state index >= 15 is 0 Å². The summed E-state index contributed by atoms with van der Waals surface area (Å²) in [6.45, 7) is 0.276. The number of anilines is 1. The zero-order valence-electron chi connectivity index (χ0n) is 13.5. The van der Waals surface area contributed by atoms with Crippen LogP contribution in [0.4, 0.5) is 15.8 Å². The lowest BCUT2D eigenvalue weighted by Gasteiger charge is -2.07. The number of nitro groups is 1. The van der Waals surface area contributed by atoms with Gasteiger partial charge in [-0.25, -0.2) is 0 Å². The minimum Gasteiger partial charge on any atom is -0.352 e. The maximum Gasteiger partial charge on any atom is 0.306 e. The Balaban J connectivity index is 1.77. The SMILES string of the molecule is O=C(CCCNC(=O)c1ccc(Cl)cc1)Nc1ccc(F)c([N+](=O)[O-])c1. The molecule has 0 bridgehead atoms. The van der Waals surface area contributed by atoms with E-state index in [-0.39, 0.29) is 24.6 Å². The van der Waals surface area contributed by atoms with Crippen molar-refractivity contribution in [2.45, 2.75) is 12.8 Å². The third-order valence-electron chi connectivity index (χ3n) is 3.40. The van der Waals surface area contributed by atoms with Crippen molar-refractivity contribution in [3.05, 3.63) is 69.0 Å². The first-order valence-corrected chi connectivity index (χ1v) is 8.02. The lowest BCUT2D eigenvalue weighted by molar-refractivity contribution is -0.387. The zero-order valence-corrected chi connectivity index (χ0v) is 14.3. The molecule has 7 nitrogen and oxygen atoms in total. The van der Waals surface area contributed by atoms with Crippen LogP contribution in [-0.2, 0) is 4.79 Å². The van der Waals surface area contributed by atoms with Crippen LogP contribution in [-0.4, -0.2) is 23.3 Å². The maximum atomic E-state index is 13.2. The van der Waals surface area contributed by atoms with E-state index in [1.54, 1.807) is 24.3 Å². The van der Waals surface area contributed by atoms with Crippen LogP contribution in [0.25, 0.3) is 0 Å². The number of hydrogen-bond donors (Lipinski definition) is 2. The Bertz CT molecular complexity index is 827. The summed E-state index contributed by atoms with van der Waals surface area (Å²) in [4.78, 5) is 33.5. The highest BCUT2D eigenvalue weighted by atomic mass is 35.5. The van der Waals surface area contributed by atoms with Crippen molar-refractivity contribution in [3.63, 3.8) is 0 Å². The Hall–Kier alpha value is -3.00. The molecule has 0 unspecified atom stereocenters. The van der Waals surface area contributed by atoms with Gasteiger partial charge in [0.2, 0.25) is 11.7 Å². The fraction of sp³-hybridized carbons (Fsp3) is 0.176. The highest BCUT2D eigenvalue weighted by molar-refractivity contribution is 6.30. The normalized spacial score (nSPS) is 10.2. The van der Waals surface area contributed by atoms with Gasteiger partial charge < -0.3 is 10.6 Å². The van der Waals surface area contributed by atoms with Gasteiger partial charge in [0.25, 0.3) is 5.91 Å². The molecule has 2 aromatic carbocycles. The van der Waals surface area contributed by atoms with E-state index in [1.165, 1.54) is 6.07 Å². The quantitative estimate of drug-likeness (QED) is 0.436. The van der Waals surface area contributed by atoms with Gasteiger partial charge in [-0.05, 0) is 42.8 Å². The summed E-state index contributed by atoms with van der Waals surface area (Å²) in [5.74, 6) is -1.65. The first kappa shape index (κ1) is 19.3. The number of nitro benzene ring substituents is 1. The fourth-order valence-electron chi connectivity index (χ4n) is 2.11. The van der Waals surface area contributed by atoms with Crippen LogP contribution in [0.15, 0.2) is 42.5 Å². The number of nitrogens with one attached hydrogen (secondary N) is 2. The largest absolute Gasteiger partial charge is 0.352 e. The molecule has 0 radical (unpaired) electrons.